The smallest absolute Gasteiger partial charge is 0.334 e. The van der Waals surface area contributed by atoms with Gasteiger partial charge in [0.2, 0.25) is 6.79 Å². The summed E-state index contributed by atoms with van der Waals surface area (Å²) in [6, 6.07) is 7.25. The van der Waals surface area contributed by atoms with Gasteiger partial charge < -0.3 is 43.7 Å². The van der Waals surface area contributed by atoms with E-state index < -0.39 is 46.9 Å². The number of piperazine rings is 1. The summed E-state index contributed by atoms with van der Waals surface area (Å²) in [6.07, 6.45) is 1.25. The van der Waals surface area contributed by atoms with Gasteiger partial charge in [0.05, 0.1) is 37.6 Å². The van der Waals surface area contributed by atoms with Gasteiger partial charge in [0, 0.05) is 64.8 Å². The summed E-state index contributed by atoms with van der Waals surface area (Å²) in [5.74, 6) is 2.14. The number of benzene rings is 3. The molecule has 2 saturated heterocycles. The molecule has 1 aromatic heterocycles. The van der Waals surface area contributed by atoms with E-state index in [9.17, 15) is 15.2 Å². The minimum absolute atomic E-state index is 0.0503. The van der Waals surface area contributed by atoms with E-state index in [4.69, 9.17) is 38.6 Å². The zero-order valence-corrected chi connectivity index (χ0v) is 35.1. The fraction of sp³-hybridized carbons (Fsp3) is 0.477. The fourth-order valence-corrected chi connectivity index (χ4v) is 12.7. The molecule has 60 heavy (non-hydrogen) atoms. The average molecular weight is 838 g/mol. The first kappa shape index (κ1) is 39.0. The second-order valence-corrected chi connectivity index (χ2v) is 17.8. The van der Waals surface area contributed by atoms with Crippen LogP contribution in [0.15, 0.2) is 28.7 Å². The number of likely N-dealkylation sites (N-methyl/N-ethyl adjacent to an activating group) is 1. The Bertz CT molecular complexity index is 2540. The summed E-state index contributed by atoms with van der Waals surface area (Å²) in [7, 11) is 5.15. The topological polar surface area (TPSA) is 191 Å². The van der Waals surface area contributed by atoms with E-state index in [2.05, 4.69) is 27.3 Å². The van der Waals surface area contributed by atoms with Gasteiger partial charge in [-0.15, -0.1) is 0 Å². The Balaban J connectivity index is 1.22. The van der Waals surface area contributed by atoms with Crippen molar-refractivity contribution < 1.29 is 47.5 Å². The molecule has 4 bridgehead atoms. The molecule has 0 amide bonds. The van der Waals surface area contributed by atoms with Crippen molar-refractivity contribution in [2.24, 2.45) is 5.73 Å². The molecule has 1 spiro atoms. The third-order valence-corrected chi connectivity index (χ3v) is 14.9. The maximum atomic E-state index is 15.2. The van der Waals surface area contributed by atoms with Gasteiger partial charge in [0.25, 0.3) is 0 Å². The molecule has 2 fully saturated rings. The lowest BCUT2D eigenvalue weighted by Crippen LogP contribution is -2.69. The molecule has 8 atom stereocenters. The third-order valence-electron chi connectivity index (χ3n) is 13.6. The van der Waals surface area contributed by atoms with E-state index in [1.54, 1.807) is 26.0 Å². The van der Waals surface area contributed by atoms with Gasteiger partial charge in [0.15, 0.2) is 28.5 Å². The van der Waals surface area contributed by atoms with Crippen molar-refractivity contribution in [2.75, 3.05) is 47.0 Å². The Morgan fingerprint density at radius 1 is 1.10 bits per heavy atom. The van der Waals surface area contributed by atoms with Crippen LogP contribution in [-0.2, 0) is 32.7 Å². The first-order valence-electron chi connectivity index (χ1n) is 20.2. The Morgan fingerprint density at radius 2 is 1.90 bits per heavy atom. The van der Waals surface area contributed by atoms with Crippen molar-refractivity contribution in [1.29, 1.82) is 5.26 Å². The number of aromatic hydroxyl groups is 1. The summed E-state index contributed by atoms with van der Waals surface area (Å²) < 4.78 is 43.1. The molecule has 15 nitrogen and oxygen atoms in total. The van der Waals surface area contributed by atoms with Crippen LogP contribution in [0, 0.1) is 25.2 Å². The third kappa shape index (κ3) is 5.35. The first-order chi connectivity index (χ1) is 29.0. The van der Waals surface area contributed by atoms with E-state index >= 15 is 4.79 Å². The zero-order valence-electron chi connectivity index (χ0n) is 34.2. The number of carbonyl (C=O) groups excluding carboxylic acids is 2. The van der Waals surface area contributed by atoms with Crippen LogP contribution in [0.25, 0.3) is 11.0 Å². The van der Waals surface area contributed by atoms with Crippen LogP contribution in [0.5, 0.6) is 34.5 Å². The number of nitrogens with one attached hydrogen (secondary N) is 1. The van der Waals surface area contributed by atoms with Crippen LogP contribution >= 0.6 is 11.8 Å². The van der Waals surface area contributed by atoms with Crippen LogP contribution in [0.4, 0.5) is 0 Å². The fourth-order valence-electron chi connectivity index (χ4n) is 11.1. The molecular formula is C44H47N5O10S. The summed E-state index contributed by atoms with van der Waals surface area (Å²) in [4.78, 5) is 32.6. The molecule has 7 aliphatic rings. The predicted molar refractivity (Wildman–Crippen MR) is 219 cm³/mol. The number of hydrogen-bond donors (Lipinski definition) is 3. The van der Waals surface area contributed by atoms with Gasteiger partial charge in [0.1, 0.15) is 35.5 Å². The largest absolute Gasteiger partial charge is 0.504 e. The van der Waals surface area contributed by atoms with Crippen LogP contribution in [0.1, 0.15) is 75.4 Å². The number of rotatable bonds is 4. The number of phenolic OH excluding ortho intramolecular Hbond substituents is 1. The van der Waals surface area contributed by atoms with E-state index in [-0.39, 0.29) is 44.2 Å². The highest BCUT2D eigenvalue weighted by atomic mass is 32.2. The summed E-state index contributed by atoms with van der Waals surface area (Å²) in [5, 5.41) is 27.3. The van der Waals surface area contributed by atoms with E-state index in [0.29, 0.717) is 80.9 Å². The average Bonchev–Trinajstić information content (AvgIpc) is 3.87. The van der Waals surface area contributed by atoms with Gasteiger partial charge in [-0.2, -0.15) is 17.0 Å². The Kier molecular flexibility index (Phi) is 9.23. The monoisotopic (exact) mass is 837 g/mol. The predicted octanol–water partition coefficient (Wildman–Crippen LogP) is 4.75. The second-order valence-electron chi connectivity index (χ2n) is 16.6. The Hall–Kier alpha value is -5.18. The molecular weight excluding hydrogens is 791 g/mol. The number of fused-ring (bicyclic) bond motifs is 12. The summed E-state index contributed by atoms with van der Waals surface area (Å²) in [5.41, 5.74) is 10.8. The minimum atomic E-state index is -1.43. The molecule has 3 aromatic carbocycles. The molecule has 0 radical (unpaired) electrons. The molecule has 0 aliphatic carbocycles. The number of phenols is 1. The Labute approximate surface area is 350 Å². The van der Waals surface area contributed by atoms with Crippen LogP contribution in [0.2, 0.25) is 0 Å². The Morgan fingerprint density at radius 3 is 2.63 bits per heavy atom. The molecule has 7 aliphatic heterocycles. The maximum Gasteiger partial charge on any atom is 0.334 e. The SMILES string of the molecule is COc1ccc2oc3c(c2c1)C[C@H](CN)N[C@]31CCS[C@@H]2c3c(OC(C)=O)c(C)c4c(c3[C@H](COC1=O)N1C(C#N)[C@@H]3Cc5cc(C)c(OC)c(O)c5[C@@H]([C@H]21)N3C)OCO4. The highest BCUT2D eigenvalue weighted by molar-refractivity contribution is 7.99. The number of carbonyl (C=O) groups is 2. The van der Waals surface area contributed by atoms with Crippen molar-refractivity contribution in [3.63, 3.8) is 0 Å². The number of ether oxygens (including phenoxy) is 6. The number of methoxy groups -OCH3 is 2. The quantitative estimate of drug-likeness (QED) is 0.188. The number of thioether (sulfide) groups is 1. The number of furan rings is 1. The van der Waals surface area contributed by atoms with Gasteiger partial charge in [-0.25, -0.2) is 4.79 Å². The molecule has 4 aromatic rings. The number of hydrogen-bond acceptors (Lipinski definition) is 16. The molecule has 0 saturated carbocycles. The lowest BCUT2D eigenvalue weighted by Gasteiger charge is -2.61. The maximum absolute atomic E-state index is 15.2. The molecule has 8 heterocycles. The standard InChI is InChI=1S/C44H47N5O10S/c1-19-11-22-12-27-28(16-46)49-29-17-55-43(52)44(42-26(13-23(15-45)47-44)25-14-24(53-5)7-8-30(25)59-42)9-10-60-41(35(49)34(48(27)4)31(22)36(51)37(19)54-6)33-32(29)40-39(56-18-57-40)20(2)38(33)58-21(3)50/h7-8,11,14,23,27-29,34-35,41,47,51H,9-10,12-13,15,17-18,45H2,1-6H3/t23-,27+,28?,29+,34+,35-,41-,44-/m1/s1. The molecule has 1 unspecified atom stereocenters. The van der Waals surface area contributed by atoms with Crippen LogP contribution < -0.4 is 34.7 Å². The van der Waals surface area contributed by atoms with Gasteiger partial charge in [-0.1, -0.05) is 6.07 Å². The lowest BCUT2D eigenvalue weighted by atomic mass is 9.71. The van der Waals surface area contributed by atoms with Crippen molar-refractivity contribution in [2.45, 2.75) is 87.1 Å². The van der Waals surface area contributed by atoms with E-state index in [0.717, 1.165) is 22.1 Å². The van der Waals surface area contributed by atoms with Crippen LogP contribution in [0.3, 0.4) is 0 Å². The molecule has 11 rings (SSSR count). The van der Waals surface area contributed by atoms with Crippen LogP contribution in [-0.4, -0.2) is 98.0 Å². The normalized spacial score (nSPS) is 29.1. The van der Waals surface area contributed by atoms with E-state index in [1.807, 2.05) is 39.1 Å². The van der Waals surface area contributed by atoms with Gasteiger partial charge in [-0.3, -0.25) is 19.9 Å². The molecule has 4 N–H and O–H groups in total. The highest BCUT2D eigenvalue weighted by Gasteiger charge is 2.61. The first-order valence-corrected chi connectivity index (χ1v) is 21.3. The van der Waals surface area contributed by atoms with Gasteiger partial charge >= 0.3 is 11.9 Å². The van der Waals surface area contributed by atoms with E-state index in [1.165, 1.54) is 6.92 Å². The van der Waals surface area contributed by atoms with Crippen molar-refractivity contribution in [3.8, 4) is 40.6 Å². The number of nitriles is 1. The minimum Gasteiger partial charge on any atom is -0.504 e. The number of aryl methyl sites for hydroxylation is 1. The van der Waals surface area contributed by atoms with Gasteiger partial charge in [-0.05, 0) is 75.2 Å². The number of nitrogens with two attached hydrogens (primary N) is 1. The summed E-state index contributed by atoms with van der Waals surface area (Å²) in [6.45, 7) is 5.10. The van der Waals surface area contributed by atoms with Crippen molar-refractivity contribution in [1.82, 2.24) is 15.1 Å². The van der Waals surface area contributed by atoms with Crippen molar-refractivity contribution >= 4 is 34.7 Å². The molecule has 314 valence electrons. The summed E-state index contributed by atoms with van der Waals surface area (Å²) >= 11 is 1.59. The zero-order chi connectivity index (χ0) is 41.9. The highest BCUT2D eigenvalue weighted by Crippen LogP contribution is 2.64. The van der Waals surface area contributed by atoms with Crippen molar-refractivity contribution in [3.05, 3.63) is 69.0 Å². The number of nitrogens with zero attached hydrogens (tertiary/aromatic N) is 3. The molecule has 16 heteroatoms. The second kappa shape index (κ2) is 14.2. The number of esters is 2. The lowest BCUT2D eigenvalue weighted by molar-refractivity contribution is -0.159.